The first-order valence-electron chi connectivity index (χ1n) is 2.64. The summed E-state index contributed by atoms with van der Waals surface area (Å²) in [5, 5.41) is 18.0. The van der Waals surface area contributed by atoms with Gasteiger partial charge in [-0.2, -0.15) is 9.97 Å². The molecular weight excluding hydrogens is 188 g/mol. The molecule has 0 aliphatic rings. The Kier molecular flexibility index (Phi) is 2.41. The topological polar surface area (TPSA) is 66.2 Å². The predicted octanol–water partition coefficient (Wildman–Crippen LogP) is 1.26. The molecular formula is C5H5ClN2O2S. The Bertz CT molecular complexity index is 258. The predicted molar refractivity (Wildman–Crippen MR) is 42.2 cm³/mol. The standard InChI is InChI=1S/C5H5ClN2O2S/c1-11-5-7-3(9)2(6)4(10)8-5/h1H3,(H2,7,8,9,10). The maximum atomic E-state index is 8.96. The van der Waals surface area contributed by atoms with Crippen LogP contribution in [0.5, 0.6) is 11.8 Å². The van der Waals surface area contributed by atoms with Crippen LogP contribution in [0.1, 0.15) is 0 Å². The van der Waals surface area contributed by atoms with E-state index in [4.69, 9.17) is 21.8 Å². The lowest BCUT2D eigenvalue weighted by atomic mass is 10.6. The molecule has 0 unspecified atom stereocenters. The van der Waals surface area contributed by atoms with Gasteiger partial charge >= 0.3 is 0 Å². The highest BCUT2D eigenvalue weighted by Gasteiger charge is 2.09. The fourth-order valence-electron chi connectivity index (χ4n) is 0.496. The van der Waals surface area contributed by atoms with Gasteiger partial charge in [-0.3, -0.25) is 0 Å². The van der Waals surface area contributed by atoms with Crippen LogP contribution in [-0.4, -0.2) is 26.4 Å². The van der Waals surface area contributed by atoms with E-state index >= 15 is 0 Å². The van der Waals surface area contributed by atoms with Crippen LogP contribution in [0.4, 0.5) is 0 Å². The quantitative estimate of drug-likeness (QED) is 0.518. The van der Waals surface area contributed by atoms with Crippen molar-refractivity contribution < 1.29 is 10.2 Å². The second kappa shape index (κ2) is 3.15. The molecule has 0 saturated heterocycles. The molecule has 1 aromatic heterocycles. The first-order chi connectivity index (χ1) is 5.15. The minimum atomic E-state index is -0.400. The van der Waals surface area contributed by atoms with Gasteiger partial charge < -0.3 is 10.2 Å². The minimum absolute atomic E-state index is 0.220. The molecule has 11 heavy (non-hydrogen) atoms. The maximum Gasteiger partial charge on any atom is 0.238 e. The highest BCUT2D eigenvalue weighted by Crippen LogP contribution is 2.30. The van der Waals surface area contributed by atoms with Crippen LogP contribution < -0.4 is 0 Å². The van der Waals surface area contributed by atoms with Crippen LogP contribution in [0.25, 0.3) is 0 Å². The molecule has 0 fully saturated rings. The molecule has 0 aliphatic carbocycles. The molecule has 0 aliphatic heterocycles. The average Bonchev–Trinajstić information content (AvgIpc) is 1.99. The second-order valence-corrected chi connectivity index (χ2v) is 2.82. The van der Waals surface area contributed by atoms with E-state index in [0.717, 1.165) is 0 Å². The monoisotopic (exact) mass is 192 g/mol. The van der Waals surface area contributed by atoms with E-state index in [-0.39, 0.29) is 10.2 Å². The summed E-state index contributed by atoms with van der Waals surface area (Å²) in [4.78, 5) is 7.14. The molecule has 0 aromatic carbocycles. The number of aromatic nitrogens is 2. The van der Waals surface area contributed by atoms with Crippen molar-refractivity contribution in [2.24, 2.45) is 0 Å². The van der Waals surface area contributed by atoms with E-state index in [0.29, 0.717) is 0 Å². The van der Waals surface area contributed by atoms with Gasteiger partial charge in [0, 0.05) is 0 Å². The summed E-state index contributed by atoms with van der Waals surface area (Å²) >= 11 is 6.58. The number of aromatic hydroxyl groups is 2. The van der Waals surface area contributed by atoms with Gasteiger partial charge in [0.05, 0.1) is 0 Å². The zero-order chi connectivity index (χ0) is 8.43. The molecule has 0 spiro atoms. The van der Waals surface area contributed by atoms with Gasteiger partial charge in [0.1, 0.15) is 0 Å². The molecule has 1 rings (SSSR count). The van der Waals surface area contributed by atoms with Gasteiger partial charge in [-0.15, -0.1) is 0 Å². The van der Waals surface area contributed by atoms with Crippen molar-refractivity contribution in [2.45, 2.75) is 5.16 Å². The summed E-state index contributed by atoms with van der Waals surface area (Å²) in [5.41, 5.74) is 0. The van der Waals surface area contributed by atoms with Crippen molar-refractivity contribution in [3.63, 3.8) is 0 Å². The summed E-state index contributed by atoms with van der Waals surface area (Å²) in [6, 6.07) is 0. The summed E-state index contributed by atoms with van der Waals surface area (Å²) in [7, 11) is 0. The lowest BCUT2D eigenvalue weighted by molar-refractivity contribution is 0.412. The largest absolute Gasteiger partial charge is 0.492 e. The molecule has 0 atom stereocenters. The SMILES string of the molecule is CSc1nc(O)c(Cl)c(O)n1. The highest BCUT2D eigenvalue weighted by atomic mass is 35.5. The molecule has 6 heteroatoms. The van der Waals surface area contributed by atoms with E-state index < -0.39 is 11.8 Å². The molecule has 4 nitrogen and oxygen atoms in total. The first-order valence-corrected chi connectivity index (χ1v) is 4.25. The first kappa shape index (κ1) is 8.42. The summed E-state index contributed by atoms with van der Waals surface area (Å²) in [6.45, 7) is 0. The van der Waals surface area contributed by atoms with Crippen molar-refractivity contribution in [3.05, 3.63) is 5.02 Å². The molecule has 0 radical (unpaired) electrons. The Morgan fingerprint density at radius 1 is 1.27 bits per heavy atom. The maximum absolute atomic E-state index is 8.96. The average molecular weight is 193 g/mol. The lowest BCUT2D eigenvalue weighted by Gasteiger charge is -1.99. The molecule has 0 saturated carbocycles. The Labute approximate surface area is 72.3 Å². The van der Waals surface area contributed by atoms with Crippen molar-refractivity contribution in [1.82, 2.24) is 9.97 Å². The van der Waals surface area contributed by atoms with Crippen LogP contribution in [0, 0.1) is 0 Å². The number of thioether (sulfide) groups is 1. The normalized spacial score (nSPS) is 10.0. The molecule has 0 bridgehead atoms. The van der Waals surface area contributed by atoms with Gasteiger partial charge in [-0.05, 0) is 6.26 Å². The Morgan fingerprint density at radius 2 is 1.73 bits per heavy atom. The summed E-state index contributed by atoms with van der Waals surface area (Å²) in [5.74, 6) is -0.799. The van der Waals surface area contributed by atoms with E-state index in [9.17, 15) is 0 Å². The van der Waals surface area contributed by atoms with E-state index in [1.165, 1.54) is 11.8 Å². The van der Waals surface area contributed by atoms with Crippen LogP contribution in [0.3, 0.4) is 0 Å². The van der Waals surface area contributed by atoms with Crippen molar-refractivity contribution in [1.29, 1.82) is 0 Å². The fourth-order valence-corrected chi connectivity index (χ4v) is 0.936. The Balaban J connectivity index is 3.21. The van der Waals surface area contributed by atoms with Gasteiger partial charge in [-0.25, -0.2) is 0 Å². The highest BCUT2D eigenvalue weighted by molar-refractivity contribution is 7.98. The number of hydrogen-bond acceptors (Lipinski definition) is 5. The second-order valence-electron chi connectivity index (χ2n) is 1.67. The molecule has 1 aromatic rings. The van der Waals surface area contributed by atoms with Crippen molar-refractivity contribution >= 4 is 23.4 Å². The zero-order valence-electron chi connectivity index (χ0n) is 5.58. The zero-order valence-corrected chi connectivity index (χ0v) is 7.15. The third kappa shape index (κ3) is 1.66. The third-order valence-electron chi connectivity index (χ3n) is 0.978. The fraction of sp³-hybridized carbons (Fsp3) is 0.200. The smallest absolute Gasteiger partial charge is 0.238 e. The van der Waals surface area contributed by atoms with Crippen LogP contribution in [0.15, 0.2) is 5.16 Å². The third-order valence-corrected chi connectivity index (χ3v) is 1.86. The van der Waals surface area contributed by atoms with Crippen molar-refractivity contribution in [2.75, 3.05) is 6.26 Å². The van der Waals surface area contributed by atoms with E-state index in [1.54, 1.807) is 6.26 Å². The molecule has 0 amide bonds. The van der Waals surface area contributed by atoms with Crippen LogP contribution in [-0.2, 0) is 0 Å². The van der Waals surface area contributed by atoms with Gasteiger partial charge in [0.2, 0.25) is 11.8 Å². The summed E-state index contributed by atoms with van der Waals surface area (Å²) in [6.07, 6.45) is 1.72. The van der Waals surface area contributed by atoms with Crippen LogP contribution in [0.2, 0.25) is 5.02 Å². The number of rotatable bonds is 1. The number of halogens is 1. The van der Waals surface area contributed by atoms with Crippen LogP contribution >= 0.6 is 23.4 Å². The van der Waals surface area contributed by atoms with Gasteiger partial charge in [0.25, 0.3) is 0 Å². The summed E-state index contributed by atoms with van der Waals surface area (Å²) < 4.78 is 0. The number of nitrogens with zero attached hydrogens (tertiary/aromatic N) is 2. The minimum Gasteiger partial charge on any atom is -0.492 e. The lowest BCUT2D eigenvalue weighted by Crippen LogP contribution is -1.86. The van der Waals surface area contributed by atoms with Crippen molar-refractivity contribution in [3.8, 4) is 11.8 Å². The van der Waals surface area contributed by atoms with E-state index in [2.05, 4.69) is 9.97 Å². The van der Waals surface area contributed by atoms with Gasteiger partial charge in [-0.1, -0.05) is 23.4 Å². The molecule has 1 heterocycles. The molecule has 2 N–H and O–H groups in total. The Morgan fingerprint density at radius 3 is 2.09 bits per heavy atom. The van der Waals surface area contributed by atoms with Gasteiger partial charge in [0.15, 0.2) is 10.2 Å². The van der Waals surface area contributed by atoms with E-state index in [1.807, 2.05) is 0 Å². The number of hydrogen-bond donors (Lipinski definition) is 2. The Hall–Kier alpha value is -0.680. The molecule has 60 valence electrons.